The zero-order valence-corrected chi connectivity index (χ0v) is 9.65. The van der Waals surface area contributed by atoms with Crippen LogP contribution in [0.3, 0.4) is 0 Å². The molecule has 0 aliphatic carbocycles. The van der Waals surface area contributed by atoms with Gasteiger partial charge in [-0.25, -0.2) is 0 Å². The van der Waals surface area contributed by atoms with E-state index < -0.39 is 0 Å². The van der Waals surface area contributed by atoms with Crippen LogP contribution in [-0.4, -0.2) is 13.0 Å². The molecule has 1 rings (SSSR count). The van der Waals surface area contributed by atoms with E-state index in [0.717, 1.165) is 21.4 Å². The van der Waals surface area contributed by atoms with Gasteiger partial charge in [0.05, 0.1) is 11.6 Å². The molecule has 0 radical (unpaired) electrons. The Balaban J connectivity index is 3.02. The summed E-state index contributed by atoms with van der Waals surface area (Å²) in [7, 11) is 1.64. The first-order valence-corrected chi connectivity index (χ1v) is 5.09. The summed E-state index contributed by atoms with van der Waals surface area (Å²) in [5.41, 5.74) is 1.94. The van der Waals surface area contributed by atoms with E-state index in [1.54, 1.807) is 7.11 Å². The number of benzene rings is 1. The van der Waals surface area contributed by atoms with Gasteiger partial charge in [0.2, 0.25) is 0 Å². The van der Waals surface area contributed by atoms with Gasteiger partial charge in [0, 0.05) is 5.88 Å². The lowest BCUT2D eigenvalue weighted by molar-refractivity contribution is 0.412. The number of halogens is 2. The van der Waals surface area contributed by atoms with Crippen molar-refractivity contribution in [3.8, 4) is 5.75 Å². The van der Waals surface area contributed by atoms with Crippen molar-refractivity contribution < 1.29 is 4.74 Å². The molecule has 0 fully saturated rings. The van der Waals surface area contributed by atoms with Gasteiger partial charge in [-0.1, -0.05) is 12.6 Å². The Bertz CT molecular complexity index is 323. The molecule has 0 N–H and O–H groups in total. The molecule has 1 aromatic rings. The number of hydrogen-bond donors (Lipinski definition) is 0. The van der Waals surface area contributed by atoms with E-state index in [1.807, 2.05) is 18.2 Å². The fourth-order valence-corrected chi connectivity index (χ4v) is 1.66. The van der Waals surface area contributed by atoms with Crippen molar-refractivity contribution in [3.05, 3.63) is 34.8 Å². The van der Waals surface area contributed by atoms with Crippen molar-refractivity contribution in [1.29, 1.82) is 0 Å². The third kappa shape index (κ3) is 2.48. The first kappa shape index (κ1) is 10.6. The summed E-state index contributed by atoms with van der Waals surface area (Å²) in [5, 5.41) is 0. The lowest BCUT2D eigenvalue weighted by Crippen LogP contribution is -1.88. The molecule has 0 aliphatic heterocycles. The highest BCUT2D eigenvalue weighted by atomic mass is 79.9. The molecule has 0 atom stereocenters. The molecule has 0 heterocycles. The largest absolute Gasteiger partial charge is 0.496 e. The average Bonchev–Trinajstić information content (AvgIpc) is 2.16. The number of allylic oxidation sites excluding steroid dienone is 1. The molecule has 0 aromatic heterocycles. The molecule has 0 saturated heterocycles. The van der Waals surface area contributed by atoms with E-state index in [0.29, 0.717) is 5.88 Å². The number of ether oxygens (including phenoxy) is 1. The fourth-order valence-electron chi connectivity index (χ4n) is 0.963. The van der Waals surface area contributed by atoms with Crippen molar-refractivity contribution in [2.75, 3.05) is 13.0 Å². The number of methoxy groups -OCH3 is 1. The van der Waals surface area contributed by atoms with E-state index in [2.05, 4.69) is 22.5 Å². The Kier molecular flexibility index (Phi) is 3.82. The predicted molar refractivity (Wildman–Crippen MR) is 60.4 cm³/mol. The summed E-state index contributed by atoms with van der Waals surface area (Å²) >= 11 is 9.06. The van der Waals surface area contributed by atoms with E-state index >= 15 is 0 Å². The number of hydrogen-bond acceptors (Lipinski definition) is 1. The first-order valence-electron chi connectivity index (χ1n) is 3.76. The van der Waals surface area contributed by atoms with E-state index in [4.69, 9.17) is 16.3 Å². The smallest absolute Gasteiger partial charge is 0.133 e. The van der Waals surface area contributed by atoms with Gasteiger partial charge in [-0.3, -0.25) is 0 Å². The summed E-state index contributed by atoms with van der Waals surface area (Å²) in [6.07, 6.45) is 0. The van der Waals surface area contributed by atoms with Crippen LogP contribution in [0.25, 0.3) is 5.57 Å². The minimum atomic E-state index is 0.443. The topological polar surface area (TPSA) is 9.23 Å². The van der Waals surface area contributed by atoms with Crippen molar-refractivity contribution in [2.45, 2.75) is 0 Å². The molecular formula is C10H10BrClO. The van der Waals surface area contributed by atoms with Crippen molar-refractivity contribution in [1.82, 2.24) is 0 Å². The summed E-state index contributed by atoms with van der Waals surface area (Å²) in [4.78, 5) is 0. The maximum Gasteiger partial charge on any atom is 0.133 e. The summed E-state index contributed by atoms with van der Waals surface area (Å²) in [6.45, 7) is 3.85. The van der Waals surface area contributed by atoms with Gasteiger partial charge >= 0.3 is 0 Å². The van der Waals surface area contributed by atoms with Gasteiger partial charge < -0.3 is 4.74 Å². The molecular weight excluding hydrogens is 251 g/mol. The van der Waals surface area contributed by atoms with Crippen LogP contribution < -0.4 is 4.74 Å². The fraction of sp³-hybridized carbons (Fsp3) is 0.200. The van der Waals surface area contributed by atoms with Crippen LogP contribution in [0.5, 0.6) is 5.75 Å². The van der Waals surface area contributed by atoms with Gasteiger partial charge in [-0.2, -0.15) is 0 Å². The molecule has 0 bridgehead atoms. The predicted octanol–water partition coefficient (Wildman–Crippen LogP) is 3.71. The molecule has 0 saturated carbocycles. The van der Waals surface area contributed by atoms with Crippen LogP contribution in [-0.2, 0) is 0 Å². The molecule has 1 nitrogen and oxygen atoms in total. The Labute approximate surface area is 91.5 Å². The molecule has 0 spiro atoms. The lowest BCUT2D eigenvalue weighted by Gasteiger charge is -2.06. The maximum absolute atomic E-state index is 5.67. The third-order valence-electron chi connectivity index (χ3n) is 1.72. The lowest BCUT2D eigenvalue weighted by atomic mass is 10.1. The van der Waals surface area contributed by atoms with Crippen LogP contribution in [0.2, 0.25) is 0 Å². The first-order chi connectivity index (χ1) is 6.19. The Morgan fingerprint density at radius 2 is 2.31 bits per heavy atom. The molecule has 70 valence electrons. The second-order valence-corrected chi connectivity index (χ2v) is 3.71. The monoisotopic (exact) mass is 260 g/mol. The maximum atomic E-state index is 5.67. The van der Waals surface area contributed by atoms with Gasteiger partial charge in [0.25, 0.3) is 0 Å². The molecule has 13 heavy (non-hydrogen) atoms. The van der Waals surface area contributed by atoms with Gasteiger partial charge in [-0.15, -0.1) is 11.6 Å². The highest BCUT2D eigenvalue weighted by Crippen LogP contribution is 2.28. The number of alkyl halides is 1. The third-order valence-corrected chi connectivity index (χ3v) is 2.66. The average molecular weight is 262 g/mol. The number of rotatable bonds is 3. The highest BCUT2D eigenvalue weighted by molar-refractivity contribution is 9.10. The minimum Gasteiger partial charge on any atom is -0.496 e. The summed E-state index contributed by atoms with van der Waals surface area (Å²) < 4.78 is 6.02. The molecule has 0 aliphatic rings. The van der Waals surface area contributed by atoms with Gasteiger partial charge in [0.15, 0.2) is 0 Å². The SMILES string of the molecule is C=C(CCl)c1ccc(OC)c(Br)c1. The normalized spacial score (nSPS) is 9.77. The molecule has 1 aromatic carbocycles. The molecule has 0 amide bonds. The van der Waals surface area contributed by atoms with Gasteiger partial charge in [-0.05, 0) is 39.2 Å². The Hall–Kier alpha value is -0.470. The van der Waals surface area contributed by atoms with Gasteiger partial charge in [0.1, 0.15) is 5.75 Å². The zero-order valence-electron chi connectivity index (χ0n) is 7.31. The zero-order chi connectivity index (χ0) is 9.84. The molecule has 3 heteroatoms. The second kappa shape index (κ2) is 4.68. The van der Waals surface area contributed by atoms with Crippen LogP contribution in [0.15, 0.2) is 29.3 Å². The highest BCUT2D eigenvalue weighted by Gasteiger charge is 2.02. The van der Waals surface area contributed by atoms with Crippen molar-refractivity contribution in [3.63, 3.8) is 0 Å². The summed E-state index contributed by atoms with van der Waals surface area (Å²) in [6, 6.07) is 5.77. The van der Waals surface area contributed by atoms with Crippen LogP contribution >= 0.6 is 27.5 Å². The molecule has 0 unspecified atom stereocenters. The second-order valence-electron chi connectivity index (χ2n) is 2.59. The van der Waals surface area contributed by atoms with E-state index in [9.17, 15) is 0 Å². The van der Waals surface area contributed by atoms with E-state index in [1.165, 1.54) is 0 Å². The van der Waals surface area contributed by atoms with Crippen molar-refractivity contribution in [2.24, 2.45) is 0 Å². The van der Waals surface area contributed by atoms with Crippen LogP contribution in [0, 0.1) is 0 Å². The Morgan fingerprint density at radius 1 is 1.62 bits per heavy atom. The van der Waals surface area contributed by atoms with Crippen LogP contribution in [0.1, 0.15) is 5.56 Å². The van der Waals surface area contributed by atoms with Crippen molar-refractivity contribution >= 4 is 33.1 Å². The van der Waals surface area contributed by atoms with Crippen LogP contribution in [0.4, 0.5) is 0 Å². The quantitative estimate of drug-likeness (QED) is 0.754. The minimum absolute atomic E-state index is 0.443. The standard InChI is InChI=1S/C10H10BrClO/c1-7(6-12)8-3-4-10(13-2)9(11)5-8/h3-5H,1,6H2,2H3. The van der Waals surface area contributed by atoms with E-state index in [-0.39, 0.29) is 0 Å². The Morgan fingerprint density at radius 3 is 2.77 bits per heavy atom. The summed E-state index contributed by atoms with van der Waals surface area (Å²) in [5.74, 6) is 1.25.